The van der Waals surface area contributed by atoms with Crippen molar-refractivity contribution in [1.82, 2.24) is 20.3 Å². The van der Waals surface area contributed by atoms with Crippen LogP contribution in [0.3, 0.4) is 0 Å². The highest BCUT2D eigenvalue weighted by atomic mass is 123. The molecule has 0 saturated heterocycles. The van der Waals surface area contributed by atoms with E-state index < -0.39 is 0 Å². The SMILES string of the molecule is O=C(NCc1ccccc1)c1cn(-c2ccc([123I])cc2)nn1. The fourth-order valence-electron chi connectivity index (χ4n) is 1.96. The second-order valence-corrected chi connectivity index (χ2v) is 5.94. The summed E-state index contributed by atoms with van der Waals surface area (Å²) in [4.78, 5) is 12.1. The molecule has 0 spiro atoms. The van der Waals surface area contributed by atoms with E-state index in [0.717, 1.165) is 14.8 Å². The van der Waals surface area contributed by atoms with Gasteiger partial charge in [-0.3, -0.25) is 4.79 Å². The van der Waals surface area contributed by atoms with E-state index in [0.29, 0.717) is 12.2 Å². The van der Waals surface area contributed by atoms with Crippen LogP contribution in [0.1, 0.15) is 16.1 Å². The average Bonchev–Trinajstić information content (AvgIpc) is 3.04. The highest BCUT2D eigenvalue weighted by molar-refractivity contribution is 14.1. The van der Waals surface area contributed by atoms with E-state index in [1.165, 1.54) is 0 Å². The van der Waals surface area contributed by atoms with Crippen molar-refractivity contribution < 1.29 is 4.79 Å². The Morgan fingerprint density at radius 2 is 1.82 bits per heavy atom. The first-order valence-electron chi connectivity index (χ1n) is 6.73. The molecule has 1 N–H and O–H groups in total. The molecule has 2 aromatic carbocycles. The number of benzene rings is 2. The summed E-state index contributed by atoms with van der Waals surface area (Å²) in [6.07, 6.45) is 1.63. The highest BCUT2D eigenvalue weighted by Gasteiger charge is 2.11. The van der Waals surface area contributed by atoms with Gasteiger partial charge in [-0.15, -0.1) is 5.10 Å². The van der Waals surface area contributed by atoms with Crippen LogP contribution in [0, 0.1) is 3.57 Å². The van der Waals surface area contributed by atoms with Crippen LogP contribution in [-0.4, -0.2) is 20.9 Å². The number of nitrogens with one attached hydrogen (secondary N) is 1. The number of nitrogens with zero attached hydrogens (tertiary/aromatic N) is 3. The minimum Gasteiger partial charge on any atom is -0.347 e. The Kier molecular flexibility index (Phi) is 4.47. The van der Waals surface area contributed by atoms with Crippen molar-refractivity contribution in [1.29, 1.82) is 0 Å². The second-order valence-electron chi connectivity index (χ2n) is 4.69. The predicted molar refractivity (Wildman–Crippen MR) is 91.7 cm³/mol. The van der Waals surface area contributed by atoms with E-state index >= 15 is 0 Å². The normalized spacial score (nSPS) is 10.4. The first-order chi connectivity index (χ1) is 10.7. The maximum Gasteiger partial charge on any atom is 0.273 e. The van der Waals surface area contributed by atoms with E-state index in [2.05, 4.69) is 38.2 Å². The number of hydrogen-bond acceptors (Lipinski definition) is 3. The summed E-state index contributed by atoms with van der Waals surface area (Å²) in [5.74, 6) is -0.236. The molecule has 3 aromatic rings. The van der Waals surface area contributed by atoms with E-state index in [9.17, 15) is 4.79 Å². The molecule has 0 unspecified atom stereocenters. The Morgan fingerprint density at radius 3 is 2.55 bits per heavy atom. The van der Waals surface area contributed by atoms with Crippen LogP contribution >= 0.6 is 22.6 Å². The molecule has 110 valence electrons. The lowest BCUT2D eigenvalue weighted by atomic mass is 10.2. The van der Waals surface area contributed by atoms with Crippen LogP contribution in [0.4, 0.5) is 0 Å². The number of hydrogen-bond donors (Lipinski definition) is 1. The van der Waals surface area contributed by atoms with Gasteiger partial charge < -0.3 is 5.32 Å². The fourth-order valence-corrected chi connectivity index (χ4v) is 2.32. The van der Waals surface area contributed by atoms with Gasteiger partial charge in [-0.2, -0.15) is 0 Å². The Bertz CT molecular complexity index is 768. The van der Waals surface area contributed by atoms with Crippen LogP contribution in [-0.2, 0) is 6.54 Å². The number of amides is 1. The third-order valence-electron chi connectivity index (χ3n) is 3.11. The van der Waals surface area contributed by atoms with Gasteiger partial charge in [0.1, 0.15) is 0 Å². The van der Waals surface area contributed by atoms with E-state index in [1.54, 1.807) is 10.9 Å². The first-order valence-corrected chi connectivity index (χ1v) is 7.81. The van der Waals surface area contributed by atoms with Gasteiger partial charge in [-0.25, -0.2) is 4.68 Å². The molecule has 0 aliphatic rings. The maximum absolute atomic E-state index is 12.1. The number of rotatable bonds is 4. The molecule has 5 nitrogen and oxygen atoms in total. The van der Waals surface area contributed by atoms with Crippen molar-refractivity contribution in [2.75, 3.05) is 0 Å². The lowest BCUT2D eigenvalue weighted by Gasteiger charge is -2.02. The van der Waals surface area contributed by atoms with Crippen molar-refractivity contribution in [3.05, 3.63) is 75.6 Å². The van der Waals surface area contributed by atoms with Crippen LogP contribution in [0.5, 0.6) is 0 Å². The van der Waals surface area contributed by atoms with Crippen molar-refractivity contribution in [3.8, 4) is 5.69 Å². The summed E-state index contributed by atoms with van der Waals surface area (Å²) in [7, 11) is 0. The fraction of sp³-hybridized carbons (Fsp3) is 0.0625. The predicted octanol–water partition coefficient (Wildman–Crippen LogP) is 2.80. The molecule has 0 aliphatic heterocycles. The standard InChI is InChI=1S/C16H13IN4O/c17-13-6-8-14(9-7-13)21-11-15(19-20-21)16(22)18-10-12-4-2-1-3-5-12/h1-9,11H,10H2,(H,18,22)/i17-4. The Balaban J connectivity index is 1.68. The molecule has 0 radical (unpaired) electrons. The Labute approximate surface area is 141 Å². The van der Waals surface area contributed by atoms with Gasteiger partial charge in [0.25, 0.3) is 5.91 Å². The minimum absolute atomic E-state index is 0.236. The summed E-state index contributed by atoms with van der Waals surface area (Å²) in [6.45, 7) is 0.468. The monoisotopic (exact) mass is 400 g/mol. The van der Waals surface area contributed by atoms with Gasteiger partial charge >= 0.3 is 0 Å². The molecule has 0 bridgehead atoms. The van der Waals surface area contributed by atoms with Gasteiger partial charge in [-0.05, 0) is 52.4 Å². The number of aromatic nitrogens is 3. The molecular weight excluding hydrogens is 387 g/mol. The molecule has 22 heavy (non-hydrogen) atoms. The molecular formula is C16H13IN4O. The number of carbonyl (C=O) groups excluding carboxylic acids is 1. The zero-order valence-corrected chi connectivity index (χ0v) is 13.8. The molecule has 0 saturated carbocycles. The van der Waals surface area contributed by atoms with E-state index in [-0.39, 0.29) is 5.91 Å². The minimum atomic E-state index is -0.236. The average molecular weight is 400 g/mol. The van der Waals surface area contributed by atoms with Crippen molar-refractivity contribution in [2.24, 2.45) is 0 Å². The quantitative estimate of drug-likeness (QED) is 0.686. The summed E-state index contributed by atoms with van der Waals surface area (Å²) < 4.78 is 2.73. The molecule has 0 atom stereocenters. The third-order valence-corrected chi connectivity index (χ3v) is 3.83. The lowest BCUT2D eigenvalue weighted by Crippen LogP contribution is -2.23. The van der Waals surface area contributed by atoms with Crippen LogP contribution < -0.4 is 5.32 Å². The van der Waals surface area contributed by atoms with Crippen LogP contribution in [0.2, 0.25) is 0 Å². The highest BCUT2D eigenvalue weighted by Crippen LogP contribution is 2.10. The molecule has 1 aromatic heterocycles. The van der Waals surface area contributed by atoms with Gasteiger partial charge in [0.2, 0.25) is 0 Å². The Hall–Kier alpha value is -2.22. The van der Waals surface area contributed by atoms with Crippen molar-refractivity contribution >= 4 is 28.5 Å². The molecule has 0 aliphatic carbocycles. The first kappa shape index (κ1) is 14.7. The van der Waals surface area contributed by atoms with Crippen molar-refractivity contribution in [3.63, 3.8) is 0 Å². The summed E-state index contributed by atoms with van der Waals surface area (Å²) >= 11 is 2.24. The topological polar surface area (TPSA) is 59.8 Å². The number of carbonyl (C=O) groups is 1. The van der Waals surface area contributed by atoms with Crippen LogP contribution in [0.15, 0.2) is 60.8 Å². The largest absolute Gasteiger partial charge is 0.347 e. The van der Waals surface area contributed by atoms with Gasteiger partial charge in [0.05, 0.1) is 11.9 Å². The van der Waals surface area contributed by atoms with E-state index in [4.69, 9.17) is 0 Å². The maximum atomic E-state index is 12.1. The molecule has 6 heteroatoms. The molecule has 1 amide bonds. The zero-order chi connectivity index (χ0) is 15.4. The van der Waals surface area contributed by atoms with Gasteiger partial charge in [0.15, 0.2) is 5.69 Å². The lowest BCUT2D eigenvalue weighted by molar-refractivity contribution is 0.0946. The van der Waals surface area contributed by atoms with Crippen LogP contribution in [0.25, 0.3) is 5.69 Å². The molecule has 1 heterocycles. The number of halogens is 1. The van der Waals surface area contributed by atoms with E-state index in [1.807, 2.05) is 54.6 Å². The second kappa shape index (κ2) is 6.69. The molecule has 3 rings (SSSR count). The van der Waals surface area contributed by atoms with Gasteiger partial charge in [0, 0.05) is 10.1 Å². The Morgan fingerprint density at radius 1 is 1.09 bits per heavy atom. The zero-order valence-electron chi connectivity index (χ0n) is 11.6. The van der Waals surface area contributed by atoms with Crippen molar-refractivity contribution in [2.45, 2.75) is 6.54 Å². The third kappa shape index (κ3) is 3.51. The smallest absolute Gasteiger partial charge is 0.273 e. The summed E-state index contributed by atoms with van der Waals surface area (Å²) in [6, 6.07) is 17.6. The summed E-state index contributed by atoms with van der Waals surface area (Å²) in [5, 5.41) is 10.8. The molecule has 0 fully saturated rings. The van der Waals surface area contributed by atoms with Gasteiger partial charge in [-0.1, -0.05) is 35.5 Å². The summed E-state index contributed by atoms with van der Waals surface area (Å²) in [5.41, 5.74) is 2.21.